The number of nitrogens with one attached hydrogen (secondary N) is 1. The molecule has 0 spiro atoms. The molecule has 3 nitrogen and oxygen atoms in total. The topological polar surface area (TPSA) is 52.5 Å². The van der Waals surface area contributed by atoms with E-state index in [2.05, 4.69) is 5.32 Å². The number of hydrogen-bond acceptors (Lipinski definition) is 3. The summed E-state index contributed by atoms with van der Waals surface area (Å²) in [6, 6.07) is 12.2. The average Bonchev–Trinajstić information content (AvgIpc) is 2.45. The molecule has 2 aromatic rings. The first-order valence-electron chi connectivity index (χ1n) is 6.18. The van der Waals surface area contributed by atoms with Gasteiger partial charge in [0.25, 0.3) is 0 Å². The molecule has 0 saturated heterocycles. The number of rotatable bonds is 5. The molecule has 1 unspecified atom stereocenters. The van der Waals surface area contributed by atoms with Crippen LogP contribution in [0.4, 0.5) is 0 Å². The monoisotopic (exact) mass is 311 g/mol. The molecule has 0 fully saturated rings. The molecule has 0 saturated carbocycles. The minimum absolute atomic E-state index is 0.0526. The molecule has 0 amide bonds. The highest BCUT2D eigenvalue weighted by molar-refractivity contribution is 6.32. The van der Waals surface area contributed by atoms with E-state index in [0.717, 1.165) is 5.56 Å². The molecule has 0 heterocycles. The van der Waals surface area contributed by atoms with Crippen molar-refractivity contribution in [2.75, 3.05) is 6.61 Å². The number of para-hydroxylation sites is 1. The Labute approximate surface area is 127 Å². The molecule has 3 N–H and O–H groups in total. The van der Waals surface area contributed by atoms with Crippen LogP contribution in [-0.4, -0.2) is 16.8 Å². The van der Waals surface area contributed by atoms with Crippen LogP contribution in [0.3, 0.4) is 0 Å². The van der Waals surface area contributed by atoms with Crippen molar-refractivity contribution in [2.45, 2.75) is 12.6 Å². The van der Waals surface area contributed by atoms with E-state index in [1.807, 2.05) is 12.1 Å². The van der Waals surface area contributed by atoms with Crippen molar-refractivity contribution in [1.29, 1.82) is 0 Å². The minimum atomic E-state index is -0.231. The fourth-order valence-electron chi connectivity index (χ4n) is 1.92. The van der Waals surface area contributed by atoms with E-state index in [1.54, 1.807) is 30.3 Å². The van der Waals surface area contributed by atoms with Gasteiger partial charge in [-0.15, -0.1) is 0 Å². The van der Waals surface area contributed by atoms with Crippen LogP contribution < -0.4 is 5.32 Å². The summed E-state index contributed by atoms with van der Waals surface area (Å²) >= 11 is 11.7. The van der Waals surface area contributed by atoms with Gasteiger partial charge in [-0.2, -0.15) is 0 Å². The SMILES string of the molecule is OCC(NCc1cccc(Cl)c1O)c1ccc(Cl)cc1. The first kappa shape index (κ1) is 15.1. The summed E-state index contributed by atoms with van der Waals surface area (Å²) in [4.78, 5) is 0. The van der Waals surface area contributed by atoms with Gasteiger partial charge in [0, 0.05) is 17.1 Å². The molecule has 2 rings (SSSR count). The fourth-order valence-corrected chi connectivity index (χ4v) is 2.24. The van der Waals surface area contributed by atoms with E-state index in [0.29, 0.717) is 22.2 Å². The minimum Gasteiger partial charge on any atom is -0.506 e. The largest absolute Gasteiger partial charge is 0.506 e. The molecular formula is C15H15Cl2NO2. The number of aliphatic hydroxyl groups excluding tert-OH is 1. The third-order valence-corrected chi connectivity index (χ3v) is 3.62. The molecular weight excluding hydrogens is 297 g/mol. The van der Waals surface area contributed by atoms with Crippen molar-refractivity contribution in [1.82, 2.24) is 5.32 Å². The summed E-state index contributed by atoms with van der Waals surface area (Å²) in [6.07, 6.45) is 0. The molecule has 5 heteroatoms. The fraction of sp³-hybridized carbons (Fsp3) is 0.200. The summed E-state index contributed by atoms with van der Waals surface area (Å²) in [5.74, 6) is 0.0643. The predicted molar refractivity (Wildman–Crippen MR) is 81.2 cm³/mol. The number of phenols is 1. The maximum Gasteiger partial charge on any atom is 0.138 e. The van der Waals surface area contributed by atoms with Crippen LogP contribution in [0.15, 0.2) is 42.5 Å². The average molecular weight is 312 g/mol. The third kappa shape index (κ3) is 3.64. The van der Waals surface area contributed by atoms with Crippen LogP contribution in [0.5, 0.6) is 5.75 Å². The van der Waals surface area contributed by atoms with Gasteiger partial charge in [-0.05, 0) is 23.8 Å². The molecule has 1 atom stereocenters. The van der Waals surface area contributed by atoms with Gasteiger partial charge in [0.15, 0.2) is 0 Å². The van der Waals surface area contributed by atoms with Crippen molar-refractivity contribution >= 4 is 23.2 Å². The molecule has 0 aliphatic rings. The third-order valence-electron chi connectivity index (χ3n) is 3.06. The van der Waals surface area contributed by atoms with Crippen LogP contribution in [0.25, 0.3) is 0 Å². The smallest absolute Gasteiger partial charge is 0.138 e. The molecule has 2 aromatic carbocycles. The van der Waals surface area contributed by atoms with Crippen molar-refractivity contribution in [3.8, 4) is 5.75 Å². The van der Waals surface area contributed by atoms with Crippen molar-refractivity contribution < 1.29 is 10.2 Å². The van der Waals surface area contributed by atoms with E-state index in [4.69, 9.17) is 23.2 Å². The Hall–Kier alpha value is -1.26. The van der Waals surface area contributed by atoms with E-state index in [1.165, 1.54) is 0 Å². The Morgan fingerprint density at radius 1 is 1.05 bits per heavy atom. The lowest BCUT2D eigenvalue weighted by atomic mass is 10.1. The van der Waals surface area contributed by atoms with E-state index in [-0.39, 0.29) is 18.4 Å². The van der Waals surface area contributed by atoms with Gasteiger partial charge in [0.1, 0.15) is 5.75 Å². The maximum atomic E-state index is 9.84. The van der Waals surface area contributed by atoms with Gasteiger partial charge in [0.2, 0.25) is 0 Å². The number of hydrogen-bond donors (Lipinski definition) is 3. The van der Waals surface area contributed by atoms with Crippen LogP contribution in [0.1, 0.15) is 17.2 Å². The lowest BCUT2D eigenvalue weighted by molar-refractivity contribution is 0.243. The summed E-state index contributed by atoms with van der Waals surface area (Å²) < 4.78 is 0. The number of halogens is 2. The van der Waals surface area contributed by atoms with Crippen LogP contribution in [0.2, 0.25) is 10.0 Å². The van der Waals surface area contributed by atoms with E-state index in [9.17, 15) is 10.2 Å². The summed E-state index contributed by atoms with van der Waals surface area (Å²) in [5.41, 5.74) is 1.61. The molecule has 0 aliphatic heterocycles. The highest BCUT2D eigenvalue weighted by atomic mass is 35.5. The Bertz CT molecular complexity index is 573. The van der Waals surface area contributed by atoms with E-state index < -0.39 is 0 Å². The normalized spacial score (nSPS) is 12.3. The second-order valence-electron chi connectivity index (χ2n) is 4.42. The zero-order valence-electron chi connectivity index (χ0n) is 10.7. The van der Waals surface area contributed by atoms with E-state index >= 15 is 0 Å². The Kier molecular flexibility index (Phi) is 5.26. The van der Waals surface area contributed by atoms with Crippen LogP contribution in [-0.2, 0) is 6.54 Å². The Morgan fingerprint density at radius 3 is 2.40 bits per heavy atom. The first-order valence-corrected chi connectivity index (χ1v) is 6.93. The predicted octanol–water partition coefficient (Wildman–Crippen LogP) is 3.52. The Balaban J connectivity index is 2.07. The van der Waals surface area contributed by atoms with Gasteiger partial charge in [-0.25, -0.2) is 0 Å². The lowest BCUT2D eigenvalue weighted by Gasteiger charge is -2.17. The van der Waals surface area contributed by atoms with Crippen molar-refractivity contribution in [3.05, 3.63) is 63.6 Å². The molecule has 106 valence electrons. The second kappa shape index (κ2) is 6.95. The molecule has 0 bridgehead atoms. The lowest BCUT2D eigenvalue weighted by Crippen LogP contribution is -2.24. The first-order chi connectivity index (χ1) is 9.61. The molecule has 20 heavy (non-hydrogen) atoms. The maximum absolute atomic E-state index is 9.84. The highest BCUT2D eigenvalue weighted by Crippen LogP contribution is 2.27. The number of benzene rings is 2. The van der Waals surface area contributed by atoms with Gasteiger partial charge >= 0.3 is 0 Å². The Morgan fingerprint density at radius 2 is 1.75 bits per heavy atom. The molecule has 0 radical (unpaired) electrons. The summed E-state index contributed by atoms with van der Waals surface area (Å²) in [6.45, 7) is 0.350. The summed E-state index contributed by atoms with van der Waals surface area (Å²) in [5, 5.41) is 23.4. The number of phenolic OH excluding ortho intramolecular Hbond substituents is 1. The number of aromatic hydroxyl groups is 1. The molecule has 0 aromatic heterocycles. The highest BCUT2D eigenvalue weighted by Gasteiger charge is 2.11. The standard InChI is InChI=1S/C15H15Cl2NO2/c16-12-6-4-10(5-7-12)14(9-19)18-8-11-2-1-3-13(17)15(11)20/h1-7,14,18-20H,8-9H2. The number of aliphatic hydroxyl groups is 1. The summed E-state index contributed by atoms with van der Waals surface area (Å²) in [7, 11) is 0. The van der Waals surface area contributed by atoms with Crippen molar-refractivity contribution in [2.24, 2.45) is 0 Å². The zero-order valence-corrected chi connectivity index (χ0v) is 12.2. The van der Waals surface area contributed by atoms with Crippen LogP contribution in [0, 0.1) is 0 Å². The quantitative estimate of drug-likeness (QED) is 0.792. The second-order valence-corrected chi connectivity index (χ2v) is 5.26. The van der Waals surface area contributed by atoms with Gasteiger partial charge in [-0.3, -0.25) is 0 Å². The van der Waals surface area contributed by atoms with Crippen LogP contribution >= 0.6 is 23.2 Å². The van der Waals surface area contributed by atoms with Crippen molar-refractivity contribution in [3.63, 3.8) is 0 Å². The van der Waals surface area contributed by atoms with Gasteiger partial charge in [-0.1, -0.05) is 47.5 Å². The van der Waals surface area contributed by atoms with Gasteiger partial charge < -0.3 is 15.5 Å². The zero-order chi connectivity index (χ0) is 14.5. The van der Waals surface area contributed by atoms with Gasteiger partial charge in [0.05, 0.1) is 17.7 Å². The molecule has 0 aliphatic carbocycles.